The number of rotatable bonds is 6. The Morgan fingerprint density at radius 3 is 2.41 bits per heavy atom. The molecule has 0 aliphatic heterocycles. The second kappa shape index (κ2) is 10.1. The number of carboxylic acid groups (broad SMARTS) is 1. The van der Waals surface area contributed by atoms with Crippen LogP contribution in [0.15, 0.2) is 60.7 Å². The van der Waals surface area contributed by atoms with Gasteiger partial charge in [0, 0.05) is 28.3 Å². The minimum atomic E-state index is -4.88. The zero-order chi connectivity index (χ0) is 27.1. The second-order valence-electron chi connectivity index (χ2n) is 7.96. The monoisotopic (exact) mass is 550 g/mol. The van der Waals surface area contributed by atoms with Gasteiger partial charge in [0.1, 0.15) is 5.69 Å². The van der Waals surface area contributed by atoms with Gasteiger partial charge in [0.25, 0.3) is 5.91 Å². The fourth-order valence-electron chi connectivity index (χ4n) is 3.84. The molecule has 1 heterocycles. The number of hydrogen-bond donors (Lipinski definition) is 2. The van der Waals surface area contributed by atoms with Crippen molar-refractivity contribution in [2.45, 2.75) is 19.1 Å². The molecule has 0 bridgehead atoms. The van der Waals surface area contributed by atoms with Crippen molar-refractivity contribution >= 4 is 45.6 Å². The number of halogens is 4. The summed E-state index contributed by atoms with van der Waals surface area (Å²) in [6.45, 7) is 1.54. The first-order valence-corrected chi connectivity index (χ1v) is 12.0. The maximum absolute atomic E-state index is 13.7. The molecule has 0 spiro atoms. The molecular weight excluding hydrogens is 535 g/mol. The van der Waals surface area contributed by atoms with Gasteiger partial charge in [-0.05, 0) is 42.8 Å². The highest BCUT2D eigenvalue weighted by Gasteiger charge is 2.37. The van der Waals surface area contributed by atoms with Gasteiger partial charge in [-0.1, -0.05) is 41.9 Å². The lowest BCUT2D eigenvalue weighted by molar-refractivity contribution is -0.137. The Morgan fingerprint density at radius 1 is 1.14 bits per heavy atom. The first kappa shape index (κ1) is 26.5. The van der Waals surface area contributed by atoms with E-state index >= 15 is 0 Å². The average molecular weight is 551 g/mol. The number of nitrogens with zero attached hydrogens (tertiary/aromatic N) is 2. The van der Waals surface area contributed by atoms with Gasteiger partial charge in [-0.3, -0.25) is 9.00 Å². The van der Waals surface area contributed by atoms with Crippen LogP contribution in [0.25, 0.3) is 22.2 Å². The molecule has 2 N–H and O–H groups in total. The van der Waals surface area contributed by atoms with Crippen LogP contribution in [0.2, 0.25) is 5.02 Å². The third-order valence-corrected chi connectivity index (χ3v) is 6.47. The number of carbonyl (C=O) groups is 2. The van der Waals surface area contributed by atoms with Gasteiger partial charge in [0.15, 0.2) is 0 Å². The molecule has 37 heavy (non-hydrogen) atoms. The van der Waals surface area contributed by atoms with Crippen LogP contribution < -0.4 is 4.72 Å². The summed E-state index contributed by atoms with van der Waals surface area (Å²) in [6.07, 6.45) is -4.88. The standard InChI is InChI=1S/C24H17ClF3N3O5S/c1-12(30-37(35)36)15-9-10-16-19(11-15)31(29-21(16)13-5-7-14(8-6-13)23(33)34)22(32)20-17(24(26,27)28)3-2-4-18(20)25/h2-12,30H,1H3,(H,33,34)(H,35,36)/p-1. The number of carbonyl (C=O) groups excluding carboxylic acids is 1. The number of benzene rings is 3. The van der Waals surface area contributed by atoms with Crippen LogP contribution in [0.5, 0.6) is 0 Å². The van der Waals surface area contributed by atoms with Crippen LogP contribution in [0.3, 0.4) is 0 Å². The van der Waals surface area contributed by atoms with Gasteiger partial charge in [-0.2, -0.15) is 23.0 Å². The lowest BCUT2D eigenvalue weighted by atomic mass is 10.0. The molecule has 0 aliphatic carbocycles. The van der Waals surface area contributed by atoms with Crippen molar-refractivity contribution in [3.63, 3.8) is 0 Å². The third-order valence-electron chi connectivity index (χ3n) is 5.61. The quantitative estimate of drug-likeness (QED) is 0.318. The van der Waals surface area contributed by atoms with Gasteiger partial charge in [-0.15, -0.1) is 0 Å². The summed E-state index contributed by atoms with van der Waals surface area (Å²) in [7, 11) is 0. The highest BCUT2D eigenvalue weighted by molar-refractivity contribution is 7.77. The van der Waals surface area contributed by atoms with Gasteiger partial charge in [-0.25, -0.2) is 9.52 Å². The molecule has 3 aromatic carbocycles. The van der Waals surface area contributed by atoms with Crippen molar-refractivity contribution in [2.75, 3.05) is 0 Å². The van der Waals surface area contributed by atoms with Gasteiger partial charge in [0.2, 0.25) is 0 Å². The summed E-state index contributed by atoms with van der Waals surface area (Å²) in [6, 6.07) is 12.3. The molecule has 13 heteroatoms. The van der Waals surface area contributed by atoms with E-state index in [1.54, 1.807) is 19.1 Å². The maximum Gasteiger partial charge on any atom is 0.417 e. The third kappa shape index (κ3) is 5.27. The van der Waals surface area contributed by atoms with Gasteiger partial charge in [0.05, 0.1) is 27.2 Å². The highest BCUT2D eigenvalue weighted by atomic mass is 35.5. The van der Waals surface area contributed by atoms with E-state index in [2.05, 4.69) is 9.82 Å². The van der Waals surface area contributed by atoms with Crippen molar-refractivity contribution in [1.29, 1.82) is 0 Å². The Bertz CT molecular complexity index is 1550. The number of hydrogen-bond acceptors (Lipinski definition) is 5. The van der Waals surface area contributed by atoms with Crippen molar-refractivity contribution < 1.29 is 36.6 Å². The number of alkyl halides is 3. The first-order valence-electron chi connectivity index (χ1n) is 10.5. The van der Waals surface area contributed by atoms with E-state index < -0.39 is 51.5 Å². The number of aromatic nitrogens is 2. The molecular formula is C24H16ClF3N3O5S-. The van der Waals surface area contributed by atoms with Crippen LogP contribution in [0, 0.1) is 0 Å². The molecule has 0 fully saturated rings. The van der Waals surface area contributed by atoms with Crippen LogP contribution in [0.4, 0.5) is 13.2 Å². The summed E-state index contributed by atoms with van der Waals surface area (Å²) >= 11 is 3.44. The molecule has 192 valence electrons. The molecule has 8 nitrogen and oxygen atoms in total. The molecule has 0 amide bonds. The molecule has 0 saturated carbocycles. The number of fused-ring (bicyclic) bond motifs is 1. The maximum atomic E-state index is 13.7. The van der Waals surface area contributed by atoms with Crippen molar-refractivity contribution in [1.82, 2.24) is 14.5 Å². The Labute approximate surface area is 215 Å². The minimum Gasteiger partial charge on any atom is -0.760 e. The molecule has 4 aromatic rings. The fourth-order valence-corrected chi connectivity index (χ4v) is 4.52. The number of aromatic carboxylic acids is 1. The van der Waals surface area contributed by atoms with Gasteiger partial charge < -0.3 is 9.66 Å². The van der Waals surface area contributed by atoms with E-state index in [-0.39, 0.29) is 16.8 Å². The first-order chi connectivity index (χ1) is 17.4. The van der Waals surface area contributed by atoms with Crippen LogP contribution >= 0.6 is 11.6 Å². The predicted octanol–water partition coefficient (Wildman–Crippen LogP) is 5.21. The van der Waals surface area contributed by atoms with Crippen LogP contribution in [-0.4, -0.2) is 35.5 Å². The largest absolute Gasteiger partial charge is 0.760 e. The van der Waals surface area contributed by atoms with Crippen LogP contribution in [0.1, 0.15) is 44.8 Å². The van der Waals surface area contributed by atoms with E-state index in [0.717, 1.165) is 22.9 Å². The van der Waals surface area contributed by atoms with E-state index in [9.17, 15) is 31.5 Å². The topological polar surface area (TPSA) is 124 Å². The SMILES string of the molecule is CC(NS(=O)[O-])c1ccc2c(-c3ccc(C(=O)O)cc3)nn(C(=O)c3c(Cl)cccc3C(F)(F)F)c2c1. The zero-order valence-corrected chi connectivity index (χ0v) is 20.3. The molecule has 2 atom stereocenters. The Morgan fingerprint density at radius 2 is 1.81 bits per heavy atom. The van der Waals surface area contributed by atoms with Crippen molar-refractivity contribution in [3.8, 4) is 11.3 Å². The Kier molecular flexibility index (Phi) is 7.20. The Balaban J connectivity index is 1.96. The lowest BCUT2D eigenvalue weighted by Crippen LogP contribution is -2.21. The molecule has 0 radical (unpaired) electrons. The average Bonchev–Trinajstić information content (AvgIpc) is 3.21. The summed E-state index contributed by atoms with van der Waals surface area (Å²) in [4.78, 5) is 24.7. The van der Waals surface area contributed by atoms with Crippen molar-refractivity contribution in [3.05, 3.63) is 87.9 Å². The minimum absolute atomic E-state index is 0.00208. The summed E-state index contributed by atoms with van der Waals surface area (Å²) in [5.74, 6) is -2.31. The second-order valence-corrected chi connectivity index (χ2v) is 9.07. The molecule has 0 saturated heterocycles. The predicted molar refractivity (Wildman–Crippen MR) is 129 cm³/mol. The van der Waals surface area contributed by atoms with E-state index in [0.29, 0.717) is 16.5 Å². The smallest absolute Gasteiger partial charge is 0.417 e. The molecule has 0 aliphatic rings. The summed E-state index contributed by atoms with van der Waals surface area (Å²) in [5, 5.41) is 13.4. The summed E-state index contributed by atoms with van der Waals surface area (Å²) < 4.78 is 66.4. The van der Waals surface area contributed by atoms with E-state index in [1.165, 1.54) is 30.3 Å². The summed E-state index contributed by atoms with van der Waals surface area (Å²) in [5.41, 5.74) is -0.939. The fraction of sp³-hybridized carbons (Fsp3) is 0.125. The Hall–Kier alpha value is -3.58. The molecule has 2 unspecified atom stereocenters. The van der Waals surface area contributed by atoms with Gasteiger partial charge >= 0.3 is 12.1 Å². The van der Waals surface area contributed by atoms with E-state index in [4.69, 9.17) is 16.7 Å². The van der Waals surface area contributed by atoms with E-state index in [1.807, 2.05) is 0 Å². The highest BCUT2D eigenvalue weighted by Crippen LogP contribution is 2.37. The number of carboxylic acids is 1. The molecule has 4 rings (SSSR count). The normalized spacial score (nSPS) is 13.5. The van der Waals surface area contributed by atoms with Crippen molar-refractivity contribution in [2.24, 2.45) is 0 Å². The van der Waals surface area contributed by atoms with Crippen LogP contribution in [-0.2, 0) is 17.4 Å². The lowest BCUT2D eigenvalue weighted by Gasteiger charge is -2.16. The molecule has 1 aromatic heterocycles. The number of nitrogens with one attached hydrogen (secondary N) is 1. The zero-order valence-electron chi connectivity index (χ0n) is 18.7.